The Bertz CT molecular complexity index is 705. The van der Waals surface area contributed by atoms with Crippen molar-refractivity contribution in [2.45, 2.75) is 39.0 Å². The molecule has 0 fully saturated rings. The first-order chi connectivity index (χ1) is 10.7. The number of carbonyl (C=O) groups excluding carboxylic acids is 2. The van der Waals surface area contributed by atoms with E-state index in [9.17, 15) is 9.59 Å². The summed E-state index contributed by atoms with van der Waals surface area (Å²) in [6.45, 7) is 4.19. The molecule has 124 valence electrons. The summed E-state index contributed by atoms with van der Waals surface area (Å²) >= 11 is 5.08. The number of hydrogen-bond acceptors (Lipinski definition) is 4. The van der Waals surface area contributed by atoms with E-state index in [1.165, 1.54) is 0 Å². The number of hydrazine groups is 1. The Kier molecular flexibility index (Phi) is 4.27. The number of amides is 1. The monoisotopic (exact) mass is 396 g/mol. The highest BCUT2D eigenvalue weighted by Gasteiger charge is 2.44. The molecule has 1 aliphatic carbocycles. The highest BCUT2D eigenvalue weighted by molar-refractivity contribution is 9.10. The van der Waals surface area contributed by atoms with E-state index in [0.717, 1.165) is 27.0 Å². The first-order valence-electron chi connectivity index (χ1n) is 7.70. The van der Waals surface area contributed by atoms with E-state index in [2.05, 4.69) is 29.8 Å². The smallest absolute Gasteiger partial charge is 0.242 e. The zero-order valence-electron chi connectivity index (χ0n) is 13.9. The second kappa shape index (κ2) is 5.83. The van der Waals surface area contributed by atoms with Crippen molar-refractivity contribution < 1.29 is 9.59 Å². The number of rotatable bonds is 2. The fourth-order valence-electron chi connectivity index (χ4n) is 3.62. The van der Waals surface area contributed by atoms with Gasteiger partial charge in [-0.15, -0.1) is 11.3 Å². The largest absolute Gasteiger partial charge is 0.294 e. The van der Waals surface area contributed by atoms with Crippen LogP contribution in [0.1, 0.15) is 43.9 Å². The van der Waals surface area contributed by atoms with Crippen LogP contribution < -0.4 is 0 Å². The molecule has 0 unspecified atom stereocenters. The predicted octanol–water partition coefficient (Wildman–Crippen LogP) is 3.95. The molecule has 0 N–H and O–H groups in total. The maximum atomic E-state index is 12.9. The van der Waals surface area contributed by atoms with Gasteiger partial charge in [-0.25, -0.2) is 10.0 Å². The fourth-order valence-corrected chi connectivity index (χ4v) is 5.17. The Morgan fingerprint density at radius 1 is 1.30 bits per heavy atom. The average molecular weight is 397 g/mol. The van der Waals surface area contributed by atoms with Gasteiger partial charge in [-0.1, -0.05) is 13.8 Å². The van der Waals surface area contributed by atoms with Crippen LogP contribution in [0.15, 0.2) is 27.2 Å². The lowest BCUT2D eigenvalue weighted by atomic mass is 9.70. The highest BCUT2D eigenvalue weighted by atomic mass is 79.9. The quantitative estimate of drug-likeness (QED) is 0.759. The van der Waals surface area contributed by atoms with Gasteiger partial charge in [-0.05, 0) is 33.8 Å². The third-order valence-corrected chi connectivity index (χ3v) is 6.25. The molecule has 4 nitrogen and oxygen atoms in total. The highest BCUT2D eigenvalue weighted by Crippen LogP contribution is 2.48. The lowest BCUT2D eigenvalue weighted by Crippen LogP contribution is -2.49. The van der Waals surface area contributed by atoms with Crippen LogP contribution in [-0.2, 0) is 9.59 Å². The van der Waals surface area contributed by atoms with Crippen molar-refractivity contribution in [2.24, 2.45) is 5.41 Å². The van der Waals surface area contributed by atoms with Crippen molar-refractivity contribution >= 4 is 39.0 Å². The Morgan fingerprint density at radius 3 is 2.57 bits per heavy atom. The normalized spacial score (nSPS) is 24.4. The van der Waals surface area contributed by atoms with Crippen molar-refractivity contribution in [1.29, 1.82) is 0 Å². The minimum atomic E-state index is -0.109. The van der Waals surface area contributed by atoms with Crippen LogP contribution in [0.3, 0.4) is 0 Å². The van der Waals surface area contributed by atoms with Gasteiger partial charge in [0.2, 0.25) is 5.91 Å². The van der Waals surface area contributed by atoms with Crippen molar-refractivity contribution in [3.63, 3.8) is 0 Å². The lowest BCUT2D eigenvalue weighted by Gasteiger charge is -2.44. The topological polar surface area (TPSA) is 40.6 Å². The van der Waals surface area contributed by atoms with Crippen LogP contribution in [0.4, 0.5) is 0 Å². The van der Waals surface area contributed by atoms with E-state index >= 15 is 0 Å². The van der Waals surface area contributed by atoms with Gasteiger partial charge in [-0.3, -0.25) is 9.59 Å². The molecule has 23 heavy (non-hydrogen) atoms. The molecule has 1 aliphatic heterocycles. The summed E-state index contributed by atoms with van der Waals surface area (Å²) in [6, 6.07) is 2.03. The molecule has 1 aromatic heterocycles. The zero-order valence-corrected chi connectivity index (χ0v) is 16.3. The van der Waals surface area contributed by atoms with E-state index in [-0.39, 0.29) is 23.0 Å². The summed E-state index contributed by atoms with van der Waals surface area (Å²) in [5.41, 5.74) is 1.62. The van der Waals surface area contributed by atoms with Crippen molar-refractivity contribution in [3.8, 4) is 0 Å². The predicted molar refractivity (Wildman–Crippen MR) is 95.0 cm³/mol. The molecule has 0 spiro atoms. The number of halogens is 1. The number of allylic oxidation sites excluding steroid dienone is 2. The van der Waals surface area contributed by atoms with Gasteiger partial charge in [0.25, 0.3) is 0 Å². The minimum Gasteiger partial charge on any atom is -0.294 e. The second-order valence-corrected chi connectivity index (χ2v) is 9.14. The van der Waals surface area contributed by atoms with Crippen LogP contribution in [0, 0.1) is 5.41 Å². The molecule has 1 aromatic rings. The third-order valence-electron chi connectivity index (χ3n) is 4.45. The molecule has 3 rings (SSSR count). The number of nitrogens with zero attached hydrogens (tertiary/aromatic N) is 2. The van der Waals surface area contributed by atoms with Crippen molar-refractivity contribution in [3.05, 3.63) is 32.1 Å². The van der Waals surface area contributed by atoms with Crippen LogP contribution in [-0.4, -0.2) is 35.8 Å². The van der Waals surface area contributed by atoms with E-state index in [1.54, 1.807) is 21.4 Å². The maximum Gasteiger partial charge on any atom is 0.242 e. The van der Waals surface area contributed by atoms with E-state index in [4.69, 9.17) is 0 Å². The minimum absolute atomic E-state index is 0.0637. The summed E-state index contributed by atoms with van der Waals surface area (Å²) in [5.74, 6) is 0.146. The molecule has 0 saturated heterocycles. The summed E-state index contributed by atoms with van der Waals surface area (Å²) in [4.78, 5) is 26.7. The second-order valence-electron chi connectivity index (χ2n) is 7.28. The molecule has 1 amide bonds. The number of ketones is 1. The van der Waals surface area contributed by atoms with Gasteiger partial charge < -0.3 is 0 Å². The first kappa shape index (κ1) is 16.9. The van der Waals surface area contributed by atoms with Crippen LogP contribution in [0.2, 0.25) is 0 Å². The summed E-state index contributed by atoms with van der Waals surface area (Å²) in [5, 5.41) is 5.51. The maximum absolute atomic E-state index is 12.9. The number of hydrogen-bond donors (Lipinski definition) is 0. The molecule has 6 heteroatoms. The third kappa shape index (κ3) is 3.04. The number of carbonyl (C=O) groups is 2. The molecule has 1 atom stereocenters. The molecule has 0 saturated carbocycles. The van der Waals surface area contributed by atoms with Crippen molar-refractivity contribution in [1.82, 2.24) is 10.0 Å². The molecular formula is C17H21BrN2O2S. The van der Waals surface area contributed by atoms with Gasteiger partial charge in [0, 0.05) is 58.9 Å². The molecule has 0 radical (unpaired) electrons. The van der Waals surface area contributed by atoms with Crippen LogP contribution >= 0.6 is 27.3 Å². The Labute approximate surface area is 149 Å². The molecule has 0 aromatic carbocycles. The molecular weight excluding hydrogens is 376 g/mol. The van der Waals surface area contributed by atoms with Gasteiger partial charge in [0.05, 0.1) is 0 Å². The van der Waals surface area contributed by atoms with E-state index in [1.807, 2.05) is 25.5 Å². The van der Waals surface area contributed by atoms with E-state index in [0.29, 0.717) is 12.8 Å². The molecule has 0 bridgehead atoms. The summed E-state index contributed by atoms with van der Waals surface area (Å²) in [7, 11) is 3.72. The fraction of sp³-hybridized carbons (Fsp3) is 0.529. The lowest BCUT2D eigenvalue weighted by molar-refractivity contribution is -0.143. The first-order valence-corrected chi connectivity index (χ1v) is 9.37. The SMILES string of the molecule is CN(C)N1C(=O)C[C@@H](c2cc(Br)cs2)C2=C1CC(C)(C)CC2=O. The zero-order chi connectivity index (χ0) is 16.9. The molecule has 2 aliphatic rings. The van der Waals surface area contributed by atoms with Gasteiger partial charge in [0.1, 0.15) is 0 Å². The van der Waals surface area contributed by atoms with Gasteiger partial charge in [-0.2, -0.15) is 0 Å². The Hall–Kier alpha value is -0.980. The number of Topliss-reactive ketones (excluding diaryl/α,β-unsaturated/α-hetero) is 1. The van der Waals surface area contributed by atoms with E-state index < -0.39 is 0 Å². The summed E-state index contributed by atoms with van der Waals surface area (Å²) < 4.78 is 1.01. The van der Waals surface area contributed by atoms with Gasteiger partial charge >= 0.3 is 0 Å². The van der Waals surface area contributed by atoms with Crippen molar-refractivity contribution in [2.75, 3.05) is 14.1 Å². The van der Waals surface area contributed by atoms with Crippen LogP contribution in [0.25, 0.3) is 0 Å². The number of thiophene rings is 1. The van der Waals surface area contributed by atoms with Gasteiger partial charge in [0.15, 0.2) is 5.78 Å². The summed E-state index contributed by atoms with van der Waals surface area (Å²) in [6.07, 6.45) is 1.65. The average Bonchev–Trinajstić information content (AvgIpc) is 2.81. The Balaban J connectivity index is 2.15. The standard InChI is InChI=1S/C17H21BrN2O2S/c1-17(2)7-12-16(13(21)8-17)11(14-5-10(18)9-23-14)6-15(22)20(12)19(3)4/h5,9,11H,6-8H2,1-4H3/t11-/m0/s1. The van der Waals surface area contributed by atoms with Crippen LogP contribution in [0.5, 0.6) is 0 Å². The molecule has 2 heterocycles. The Morgan fingerprint density at radius 2 is 2.00 bits per heavy atom.